The summed E-state index contributed by atoms with van der Waals surface area (Å²) in [5.41, 5.74) is 0. The highest BCUT2D eigenvalue weighted by Crippen LogP contribution is 2.35. The molecule has 2 heterocycles. The molecule has 1 aromatic rings. The lowest BCUT2D eigenvalue weighted by molar-refractivity contribution is 0.123. The molecule has 3 nitrogen and oxygen atoms in total. The Hall–Kier alpha value is -0.0000000000000000555. The monoisotopic (exact) mass is 290 g/mol. The van der Waals surface area contributed by atoms with Crippen LogP contribution in [0.3, 0.4) is 0 Å². The van der Waals surface area contributed by atoms with Crippen molar-refractivity contribution in [2.75, 3.05) is 6.61 Å². The average molecular weight is 291 g/mol. The molecule has 0 bridgehead atoms. The van der Waals surface area contributed by atoms with Crippen LogP contribution in [0.25, 0.3) is 0 Å². The van der Waals surface area contributed by atoms with Gasteiger partial charge in [-0.25, -0.2) is 0 Å². The number of rotatable bonds is 3. The highest BCUT2D eigenvalue weighted by atomic mass is 79.9. The largest absolute Gasteiger partial charge is 0.378 e. The standard InChI is InChI=1S/C10H15BrN2OS/c1-3-8(11)10-13-12-9(15-10)7-4-6(2)14-5-7/h6-8H,3-5H2,1-2H3. The maximum Gasteiger partial charge on any atom is 0.131 e. The van der Waals surface area contributed by atoms with Crippen LogP contribution in [0.2, 0.25) is 0 Å². The third-order valence-electron chi connectivity index (χ3n) is 2.63. The predicted octanol–water partition coefficient (Wildman–Crippen LogP) is 3.28. The van der Waals surface area contributed by atoms with E-state index >= 15 is 0 Å². The molecule has 1 aromatic heterocycles. The third kappa shape index (κ3) is 2.57. The zero-order chi connectivity index (χ0) is 10.8. The molecule has 3 unspecified atom stereocenters. The Kier molecular flexibility index (Phi) is 3.74. The Bertz CT molecular complexity index is 331. The SMILES string of the molecule is CCC(Br)c1nnc(C2COC(C)C2)s1. The summed E-state index contributed by atoms with van der Waals surface area (Å²) in [7, 11) is 0. The lowest BCUT2D eigenvalue weighted by Gasteiger charge is -2.01. The zero-order valence-corrected chi connectivity index (χ0v) is 11.3. The molecule has 0 saturated carbocycles. The molecule has 1 aliphatic heterocycles. The highest BCUT2D eigenvalue weighted by molar-refractivity contribution is 9.09. The number of alkyl halides is 1. The van der Waals surface area contributed by atoms with Gasteiger partial charge >= 0.3 is 0 Å². The molecule has 0 radical (unpaired) electrons. The first-order valence-corrected chi connectivity index (χ1v) is 7.03. The van der Waals surface area contributed by atoms with Crippen molar-refractivity contribution in [3.63, 3.8) is 0 Å². The first kappa shape index (κ1) is 11.5. The summed E-state index contributed by atoms with van der Waals surface area (Å²) in [5.74, 6) is 0.461. The van der Waals surface area contributed by atoms with E-state index in [1.165, 1.54) is 0 Å². The van der Waals surface area contributed by atoms with Crippen LogP contribution in [0.4, 0.5) is 0 Å². The van der Waals surface area contributed by atoms with Crippen molar-refractivity contribution in [2.45, 2.75) is 43.5 Å². The zero-order valence-electron chi connectivity index (χ0n) is 8.94. The fourth-order valence-electron chi connectivity index (χ4n) is 1.70. The average Bonchev–Trinajstić information content (AvgIpc) is 2.84. The molecule has 2 rings (SSSR count). The summed E-state index contributed by atoms with van der Waals surface area (Å²) in [5, 5.41) is 10.7. The fourth-order valence-corrected chi connectivity index (χ4v) is 3.08. The van der Waals surface area contributed by atoms with E-state index in [9.17, 15) is 0 Å². The number of halogens is 1. The molecule has 1 saturated heterocycles. The van der Waals surface area contributed by atoms with Crippen LogP contribution in [0.15, 0.2) is 0 Å². The molecule has 1 aliphatic rings. The molecule has 1 fully saturated rings. The molecule has 0 aliphatic carbocycles. The van der Waals surface area contributed by atoms with Gasteiger partial charge in [-0.05, 0) is 19.8 Å². The number of aromatic nitrogens is 2. The summed E-state index contributed by atoms with van der Waals surface area (Å²) < 4.78 is 5.54. The van der Waals surface area contributed by atoms with Crippen molar-refractivity contribution in [3.05, 3.63) is 10.0 Å². The van der Waals surface area contributed by atoms with Gasteiger partial charge in [-0.2, -0.15) is 0 Å². The summed E-state index contributed by atoms with van der Waals surface area (Å²) in [4.78, 5) is 0.350. The maximum atomic E-state index is 5.54. The second-order valence-electron chi connectivity index (χ2n) is 3.93. The normalized spacial score (nSPS) is 28.2. The Balaban J connectivity index is 2.07. The molecule has 15 heavy (non-hydrogen) atoms. The second kappa shape index (κ2) is 4.89. The number of ether oxygens (including phenoxy) is 1. The van der Waals surface area contributed by atoms with Crippen LogP contribution in [-0.2, 0) is 4.74 Å². The summed E-state index contributed by atoms with van der Waals surface area (Å²) in [6, 6.07) is 0. The van der Waals surface area contributed by atoms with Gasteiger partial charge in [-0.1, -0.05) is 34.2 Å². The third-order valence-corrected chi connectivity index (χ3v) is 5.21. The highest BCUT2D eigenvalue weighted by Gasteiger charge is 2.27. The van der Waals surface area contributed by atoms with Crippen LogP contribution >= 0.6 is 27.3 Å². The van der Waals surface area contributed by atoms with Gasteiger partial charge in [-0.15, -0.1) is 10.2 Å². The van der Waals surface area contributed by atoms with Gasteiger partial charge in [0.05, 0.1) is 17.5 Å². The summed E-state index contributed by atoms with van der Waals surface area (Å²) >= 11 is 5.31. The molecule has 5 heteroatoms. The van der Waals surface area contributed by atoms with Gasteiger partial charge in [0.15, 0.2) is 0 Å². The van der Waals surface area contributed by atoms with Gasteiger partial charge in [0.1, 0.15) is 10.0 Å². The van der Waals surface area contributed by atoms with Crippen molar-refractivity contribution in [3.8, 4) is 0 Å². The molecule has 0 spiro atoms. The topological polar surface area (TPSA) is 35.0 Å². The first-order valence-electron chi connectivity index (χ1n) is 5.29. The van der Waals surface area contributed by atoms with E-state index in [0.29, 0.717) is 16.8 Å². The van der Waals surface area contributed by atoms with Gasteiger partial charge in [0, 0.05) is 5.92 Å². The summed E-state index contributed by atoms with van der Waals surface area (Å²) in [6.07, 6.45) is 2.49. The molecular weight excluding hydrogens is 276 g/mol. The first-order chi connectivity index (χ1) is 7.20. The van der Waals surface area contributed by atoms with Crippen molar-refractivity contribution >= 4 is 27.3 Å². The summed E-state index contributed by atoms with van der Waals surface area (Å²) in [6.45, 7) is 5.05. The van der Waals surface area contributed by atoms with E-state index in [2.05, 4.69) is 40.0 Å². The van der Waals surface area contributed by atoms with Crippen molar-refractivity contribution in [2.24, 2.45) is 0 Å². The number of nitrogens with zero attached hydrogens (tertiary/aromatic N) is 2. The van der Waals surface area contributed by atoms with E-state index < -0.39 is 0 Å². The Labute approximate surface area is 102 Å². The second-order valence-corrected chi connectivity index (χ2v) is 6.08. The number of hydrogen-bond donors (Lipinski definition) is 0. The van der Waals surface area contributed by atoms with Crippen LogP contribution in [0.1, 0.15) is 47.4 Å². The van der Waals surface area contributed by atoms with Crippen LogP contribution in [0, 0.1) is 0 Å². The van der Waals surface area contributed by atoms with Crippen molar-refractivity contribution in [1.82, 2.24) is 10.2 Å². The minimum Gasteiger partial charge on any atom is -0.378 e. The van der Waals surface area contributed by atoms with Crippen molar-refractivity contribution < 1.29 is 4.74 Å². The van der Waals surface area contributed by atoms with Crippen LogP contribution in [-0.4, -0.2) is 22.9 Å². The van der Waals surface area contributed by atoms with E-state index in [0.717, 1.165) is 29.5 Å². The van der Waals surface area contributed by atoms with E-state index in [1.54, 1.807) is 11.3 Å². The van der Waals surface area contributed by atoms with Gasteiger partial charge < -0.3 is 4.74 Å². The van der Waals surface area contributed by atoms with E-state index in [1.807, 2.05) is 0 Å². The smallest absolute Gasteiger partial charge is 0.131 e. The Morgan fingerprint density at radius 2 is 2.40 bits per heavy atom. The molecule has 84 valence electrons. The number of hydrogen-bond acceptors (Lipinski definition) is 4. The van der Waals surface area contributed by atoms with Crippen LogP contribution < -0.4 is 0 Å². The molecular formula is C10H15BrN2OS. The Morgan fingerprint density at radius 3 is 3.00 bits per heavy atom. The minimum absolute atomic E-state index is 0.350. The van der Waals surface area contributed by atoms with Gasteiger partial charge in [0.25, 0.3) is 0 Å². The lowest BCUT2D eigenvalue weighted by Crippen LogP contribution is -1.97. The predicted molar refractivity (Wildman–Crippen MR) is 64.6 cm³/mol. The van der Waals surface area contributed by atoms with Gasteiger partial charge in [0.2, 0.25) is 0 Å². The molecule has 0 aromatic carbocycles. The fraction of sp³-hybridized carbons (Fsp3) is 0.800. The van der Waals surface area contributed by atoms with E-state index in [4.69, 9.17) is 4.74 Å². The van der Waals surface area contributed by atoms with Crippen LogP contribution in [0.5, 0.6) is 0 Å². The molecule has 0 N–H and O–H groups in total. The lowest BCUT2D eigenvalue weighted by atomic mass is 10.1. The molecule has 3 atom stereocenters. The van der Waals surface area contributed by atoms with Crippen molar-refractivity contribution in [1.29, 1.82) is 0 Å². The minimum atomic E-state index is 0.350. The van der Waals surface area contributed by atoms with Gasteiger partial charge in [-0.3, -0.25) is 0 Å². The van der Waals surface area contributed by atoms with E-state index in [-0.39, 0.29) is 0 Å². The Morgan fingerprint density at radius 1 is 1.60 bits per heavy atom. The maximum absolute atomic E-state index is 5.54. The molecule has 0 amide bonds. The quantitative estimate of drug-likeness (QED) is 0.802.